The monoisotopic (exact) mass is 320 g/mol. The van der Waals surface area contributed by atoms with Gasteiger partial charge in [0.1, 0.15) is 5.82 Å². The smallest absolute Gasteiger partial charge is 0.331 e. The number of carboxylic acid groups (broad SMARTS) is 1. The summed E-state index contributed by atoms with van der Waals surface area (Å²) in [6, 6.07) is 5.41. The van der Waals surface area contributed by atoms with Crippen LogP contribution in [-0.4, -0.2) is 50.7 Å². The van der Waals surface area contributed by atoms with Crippen molar-refractivity contribution >= 4 is 11.9 Å². The molecule has 1 fully saturated rings. The minimum absolute atomic E-state index is 0.0400. The molecule has 2 N–H and O–H groups in total. The maximum atomic E-state index is 12.9. The first-order valence-corrected chi connectivity index (χ1v) is 6.82. The summed E-state index contributed by atoms with van der Waals surface area (Å²) >= 11 is 0. The average Bonchev–Trinajstić information content (AvgIpc) is 3.17. The van der Waals surface area contributed by atoms with Gasteiger partial charge in [-0.2, -0.15) is 9.90 Å². The third-order valence-electron chi connectivity index (χ3n) is 3.57. The molecule has 1 amide bonds. The lowest BCUT2D eigenvalue weighted by Crippen LogP contribution is -2.55. The van der Waals surface area contributed by atoms with E-state index in [1.54, 1.807) is 0 Å². The fourth-order valence-corrected chi connectivity index (χ4v) is 2.23. The van der Waals surface area contributed by atoms with Crippen molar-refractivity contribution in [3.05, 3.63) is 42.0 Å². The van der Waals surface area contributed by atoms with E-state index in [1.165, 1.54) is 30.5 Å². The zero-order valence-electron chi connectivity index (χ0n) is 11.9. The molecule has 23 heavy (non-hydrogen) atoms. The molecule has 2 aromatic rings. The number of nitrogens with one attached hydrogen (secondary N) is 1. The maximum Gasteiger partial charge on any atom is 0.331 e. The Morgan fingerprint density at radius 3 is 2.70 bits per heavy atom. The fourth-order valence-electron chi connectivity index (χ4n) is 2.23. The van der Waals surface area contributed by atoms with Crippen LogP contribution >= 0.6 is 0 Å². The number of nitrogens with zero attached hydrogens (tertiary/aromatic N) is 3. The molecule has 1 atom stereocenters. The van der Waals surface area contributed by atoms with Crippen molar-refractivity contribution in [2.75, 3.05) is 13.2 Å². The Kier molecular flexibility index (Phi) is 3.78. The van der Waals surface area contributed by atoms with Gasteiger partial charge in [-0.05, 0) is 24.3 Å². The molecule has 1 saturated heterocycles. The van der Waals surface area contributed by atoms with E-state index in [9.17, 15) is 19.1 Å². The Balaban J connectivity index is 1.78. The Morgan fingerprint density at radius 1 is 1.35 bits per heavy atom. The number of aromatic nitrogens is 3. The molecule has 0 spiro atoms. The van der Waals surface area contributed by atoms with Gasteiger partial charge in [0, 0.05) is 13.0 Å². The van der Waals surface area contributed by atoms with Gasteiger partial charge in [0.2, 0.25) is 0 Å². The van der Waals surface area contributed by atoms with Crippen molar-refractivity contribution < 1.29 is 23.8 Å². The van der Waals surface area contributed by atoms with Crippen LogP contribution in [0.25, 0.3) is 5.69 Å². The molecule has 0 bridgehead atoms. The molecule has 0 radical (unpaired) electrons. The first kappa shape index (κ1) is 15.1. The minimum Gasteiger partial charge on any atom is -0.479 e. The predicted molar refractivity (Wildman–Crippen MR) is 74.6 cm³/mol. The van der Waals surface area contributed by atoms with Gasteiger partial charge < -0.3 is 15.2 Å². The highest BCUT2D eigenvalue weighted by Crippen LogP contribution is 2.19. The highest BCUT2D eigenvalue weighted by atomic mass is 19.1. The topological polar surface area (TPSA) is 106 Å². The summed E-state index contributed by atoms with van der Waals surface area (Å²) in [4.78, 5) is 24.7. The number of carbonyl (C=O) groups is 2. The van der Waals surface area contributed by atoms with Gasteiger partial charge in [-0.1, -0.05) is 0 Å². The van der Waals surface area contributed by atoms with Gasteiger partial charge in [-0.25, -0.2) is 9.18 Å². The van der Waals surface area contributed by atoms with E-state index in [0.717, 1.165) is 4.80 Å². The van der Waals surface area contributed by atoms with Crippen LogP contribution in [0, 0.1) is 5.82 Å². The Hall–Kier alpha value is -2.81. The van der Waals surface area contributed by atoms with Crippen LogP contribution in [0.4, 0.5) is 4.39 Å². The Labute approximate surface area is 129 Å². The zero-order valence-corrected chi connectivity index (χ0v) is 11.9. The van der Waals surface area contributed by atoms with Gasteiger partial charge in [0.05, 0.1) is 18.5 Å². The number of carboxylic acids is 1. The third kappa shape index (κ3) is 2.90. The second-order valence-corrected chi connectivity index (χ2v) is 5.14. The first-order chi connectivity index (χ1) is 11.0. The van der Waals surface area contributed by atoms with Crippen molar-refractivity contribution in [2.45, 2.75) is 12.0 Å². The van der Waals surface area contributed by atoms with E-state index < -0.39 is 23.2 Å². The van der Waals surface area contributed by atoms with Gasteiger partial charge in [0.15, 0.2) is 11.2 Å². The van der Waals surface area contributed by atoms with Gasteiger partial charge >= 0.3 is 5.97 Å². The lowest BCUT2D eigenvalue weighted by atomic mass is 9.99. The van der Waals surface area contributed by atoms with Gasteiger partial charge in [-0.3, -0.25) is 4.79 Å². The second kappa shape index (κ2) is 5.76. The van der Waals surface area contributed by atoms with E-state index in [-0.39, 0.29) is 25.3 Å². The summed E-state index contributed by atoms with van der Waals surface area (Å²) in [7, 11) is 0. The van der Waals surface area contributed by atoms with Crippen LogP contribution in [0.2, 0.25) is 0 Å². The molecule has 2 heterocycles. The number of halogens is 1. The molecule has 8 nitrogen and oxygen atoms in total. The lowest BCUT2D eigenvalue weighted by molar-refractivity contribution is -0.144. The highest BCUT2D eigenvalue weighted by molar-refractivity contribution is 5.96. The standard InChI is InChI=1S/C14H13FN4O4/c15-9-1-3-10(4-2-9)19-16-7-11(18-19)12(20)17-14(13(21)22)5-6-23-8-14/h1-4,7H,5-6,8H2,(H,17,20)(H,21,22). The first-order valence-electron chi connectivity index (χ1n) is 6.82. The van der Waals surface area contributed by atoms with Crippen LogP contribution in [-0.2, 0) is 9.53 Å². The number of carbonyl (C=O) groups excluding carboxylic acids is 1. The van der Waals surface area contributed by atoms with Gasteiger partial charge in [-0.15, -0.1) is 5.10 Å². The highest BCUT2D eigenvalue weighted by Gasteiger charge is 2.44. The summed E-state index contributed by atoms with van der Waals surface area (Å²) in [5.74, 6) is -2.22. The van der Waals surface area contributed by atoms with E-state index in [2.05, 4.69) is 15.5 Å². The predicted octanol–water partition coefficient (Wildman–Crippen LogP) is 0.380. The number of hydrogen-bond donors (Lipinski definition) is 2. The van der Waals surface area contributed by atoms with Gasteiger partial charge in [0.25, 0.3) is 5.91 Å². The van der Waals surface area contributed by atoms with E-state index in [1.807, 2.05) is 0 Å². The van der Waals surface area contributed by atoms with Crippen molar-refractivity contribution in [3.63, 3.8) is 0 Å². The number of rotatable bonds is 4. The van der Waals surface area contributed by atoms with Crippen LogP contribution in [0.5, 0.6) is 0 Å². The largest absolute Gasteiger partial charge is 0.479 e. The fraction of sp³-hybridized carbons (Fsp3) is 0.286. The minimum atomic E-state index is -1.45. The van der Waals surface area contributed by atoms with E-state index in [4.69, 9.17) is 4.74 Å². The van der Waals surface area contributed by atoms with Crippen LogP contribution < -0.4 is 5.32 Å². The molecular weight excluding hydrogens is 307 g/mol. The number of aliphatic carboxylic acids is 1. The number of benzene rings is 1. The zero-order chi connectivity index (χ0) is 16.4. The lowest BCUT2D eigenvalue weighted by Gasteiger charge is -2.22. The van der Waals surface area contributed by atoms with Crippen molar-refractivity contribution in [1.82, 2.24) is 20.3 Å². The quantitative estimate of drug-likeness (QED) is 0.843. The van der Waals surface area contributed by atoms with Crippen molar-refractivity contribution in [3.8, 4) is 5.69 Å². The number of amides is 1. The van der Waals surface area contributed by atoms with E-state index in [0.29, 0.717) is 5.69 Å². The summed E-state index contributed by atoms with van der Waals surface area (Å²) in [5, 5.41) is 19.6. The molecule has 1 aromatic carbocycles. The van der Waals surface area contributed by atoms with Crippen molar-refractivity contribution in [2.24, 2.45) is 0 Å². The average molecular weight is 320 g/mol. The van der Waals surface area contributed by atoms with Crippen LogP contribution in [0.1, 0.15) is 16.9 Å². The number of hydrogen-bond acceptors (Lipinski definition) is 5. The summed E-state index contributed by atoms with van der Waals surface area (Å²) in [6.07, 6.45) is 1.39. The van der Waals surface area contributed by atoms with Crippen LogP contribution in [0.15, 0.2) is 30.5 Å². The molecule has 120 valence electrons. The molecular formula is C14H13FN4O4. The molecule has 1 aromatic heterocycles. The Morgan fingerprint density at radius 2 is 2.09 bits per heavy atom. The SMILES string of the molecule is O=C(NC1(C(=O)O)CCOC1)c1cnn(-c2ccc(F)cc2)n1. The maximum absolute atomic E-state index is 12.9. The number of ether oxygens (including phenoxy) is 1. The molecule has 1 aliphatic heterocycles. The molecule has 0 saturated carbocycles. The normalized spacial score (nSPS) is 20.4. The van der Waals surface area contributed by atoms with E-state index >= 15 is 0 Å². The molecule has 3 rings (SSSR count). The molecule has 1 unspecified atom stereocenters. The second-order valence-electron chi connectivity index (χ2n) is 5.14. The summed E-state index contributed by atoms with van der Waals surface area (Å²) in [6.45, 7) is 0.162. The molecule has 1 aliphatic rings. The summed E-state index contributed by atoms with van der Waals surface area (Å²) < 4.78 is 18.0. The molecule has 9 heteroatoms. The van der Waals surface area contributed by atoms with Crippen molar-refractivity contribution in [1.29, 1.82) is 0 Å². The Bertz CT molecular complexity index is 737. The molecule has 0 aliphatic carbocycles. The van der Waals surface area contributed by atoms with Crippen LogP contribution in [0.3, 0.4) is 0 Å². The third-order valence-corrected chi connectivity index (χ3v) is 3.57. The summed E-state index contributed by atoms with van der Waals surface area (Å²) in [5.41, 5.74) is -1.01.